The molecule has 6 nitrogen and oxygen atoms in total. The lowest BCUT2D eigenvalue weighted by Crippen LogP contribution is -2.09. The Bertz CT molecular complexity index is 394. The van der Waals surface area contributed by atoms with E-state index < -0.39 is 0 Å². The Hall–Kier alpha value is -1.69. The Morgan fingerprint density at radius 3 is 3.12 bits per heavy atom. The van der Waals surface area contributed by atoms with Crippen LogP contribution in [0.3, 0.4) is 0 Å². The first kappa shape index (κ1) is 10.8. The molecule has 6 heteroatoms. The highest BCUT2D eigenvalue weighted by atomic mass is 16.3. The van der Waals surface area contributed by atoms with Gasteiger partial charge in [0.2, 0.25) is 5.96 Å². The summed E-state index contributed by atoms with van der Waals surface area (Å²) in [5.41, 5.74) is 0.844. The maximum Gasteiger partial charge on any atom is 0.222 e. The van der Waals surface area contributed by atoms with Crippen LogP contribution in [0.2, 0.25) is 0 Å². The van der Waals surface area contributed by atoms with Crippen molar-refractivity contribution in [3.05, 3.63) is 12.4 Å². The van der Waals surface area contributed by atoms with Crippen molar-refractivity contribution in [1.29, 1.82) is 0 Å². The van der Waals surface area contributed by atoms with Crippen LogP contribution < -0.4 is 5.32 Å². The SMILES string of the molecule is C=NC(=NCCO)Nc1cnn(C2CC2)c1. The maximum absolute atomic E-state index is 8.65. The molecule has 0 atom stereocenters. The molecular weight excluding hydrogens is 206 g/mol. The largest absolute Gasteiger partial charge is 0.394 e. The number of aliphatic imine (C=N–C) groups is 2. The number of hydrogen-bond acceptors (Lipinski definition) is 3. The van der Waals surface area contributed by atoms with E-state index >= 15 is 0 Å². The number of aromatic nitrogens is 2. The lowest BCUT2D eigenvalue weighted by molar-refractivity contribution is 0.307. The highest BCUT2D eigenvalue weighted by Crippen LogP contribution is 2.34. The summed E-state index contributed by atoms with van der Waals surface area (Å²) in [6.07, 6.45) is 6.06. The third-order valence-corrected chi connectivity index (χ3v) is 2.29. The summed E-state index contributed by atoms with van der Waals surface area (Å²) in [5.74, 6) is 0.407. The summed E-state index contributed by atoms with van der Waals surface area (Å²) in [5, 5.41) is 15.9. The number of aliphatic hydroxyl groups is 1. The van der Waals surface area contributed by atoms with Crippen LogP contribution in [0, 0.1) is 0 Å². The van der Waals surface area contributed by atoms with Gasteiger partial charge in [0.05, 0.1) is 31.1 Å². The second kappa shape index (κ2) is 4.89. The standard InChI is InChI=1S/C10H15N5O/c1-11-10(12-4-5-16)14-8-6-13-15(7-8)9-2-3-9/h6-7,9,16H,1-5H2,(H,12,14). The molecule has 1 heterocycles. The Labute approximate surface area is 93.7 Å². The van der Waals surface area contributed by atoms with Crippen molar-refractivity contribution in [3.8, 4) is 0 Å². The lowest BCUT2D eigenvalue weighted by Gasteiger charge is -2.01. The lowest BCUT2D eigenvalue weighted by atomic mass is 10.5. The Morgan fingerprint density at radius 2 is 2.50 bits per heavy atom. The molecule has 0 spiro atoms. The number of rotatable bonds is 4. The van der Waals surface area contributed by atoms with Gasteiger partial charge >= 0.3 is 0 Å². The maximum atomic E-state index is 8.65. The average Bonchev–Trinajstić information content (AvgIpc) is 3.05. The number of nitrogens with one attached hydrogen (secondary N) is 1. The second-order valence-corrected chi connectivity index (χ2v) is 3.65. The quantitative estimate of drug-likeness (QED) is 0.580. The van der Waals surface area contributed by atoms with Gasteiger partial charge in [-0.05, 0) is 19.6 Å². The van der Waals surface area contributed by atoms with E-state index in [-0.39, 0.29) is 6.61 Å². The molecule has 0 amide bonds. The van der Waals surface area contributed by atoms with Crippen LogP contribution in [0.15, 0.2) is 22.4 Å². The highest BCUT2D eigenvalue weighted by molar-refractivity contribution is 5.96. The van der Waals surface area contributed by atoms with Crippen LogP contribution in [0.1, 0.15) is 18.9 Å². The third-order valence-electron chi connectivity index (χ3n) is 2.29. The summed E-state index contributed by atoms with van der Waals surface area (Å²) < 4.78 is 1.94. The Kier molecular flexibility index (Phi) is 3.31. The fourth-order valence-electron chi connectivity index (χ4n) is 1.36. The van der Waals surface area contributed by atoms with Crippen LogP contribution >= 0.6 is 0 Å². The van der Waals surface area contributed by atoms with Crippen LogP contribution in [0.4, 0.5) is 5.69 Å². The van der Waals surface area contributed by atoms with E-state index in [0.717, 1.165) is 5.69 Å². The summed E-state index contributed by atoms with van der Waals surface area (Å²) in [6.45, 7) is 3.73. The van der Waals surface area contributed by atoms with Crippen molar-refractivity contribution < 1.29 is 5.11 Å². The minimum absolute atomic E-state index is 0.00202. The zero-order chi connectivity index (χ0) is 11.4. The molecule has 1 fully saturated rings. The van der Waals surface area contributed by atoms with Crippen LogP contribution in [0.5, 0.6) is 0 Å². The number of hydrogen-bond donors (Lipinski definition) is 2. The minimum Gasteiger partial charge on any atom is -0.394 e. The highest BCUT2D eigenvalue weighted by Gasteiger charge is 2.24. The fraction of sp³-hybridized carbons (Fsp3) is 0.500. The molecule has 0 saturated heterocycles. The van der Waals surface area contributed by atoms with Crippen LogP contribution in [0.25, 0.3) is 0 Å². The molecule has 2 rings (SSSR count). The zero-order valence-electron chi connectivity index (χ0n) is 9.00. The summed E-state index contributed by atoms with van der Waals surface area (Å²) >= 11 is 0. The Morgan fingerprint density at radius 1 is 1.69 bits per heavy atom. The second-order valence-electron chi connectivity index (χ2n) is 3.65. The predicted octanol–water partition coefficient (Wildman–Crippen LogP) is 0.679. The van der Waals surface area contributed by atoms with Gasteiger partial charge in [0.15, 0.2) is 0 Å². The van der Waals surface area contributed by atoms with Gasteiger partial charge in [-0.2, -0.15) is 5.10 Å². The smallest absolute Gasteiger partial charge is 0.222 e. The fourth-order valence-corrected chi connectivity index (χ4v) is 1.36. The molecule has 1 aliphatic rings. The summed E-state index contributed by atoms with van der Waals surface area (Å²) in [6, 6.07) is 0.560. The van der Waals surface area contributed by atoms with E-state index in [1.165, 1.54) is 12.8 Å². The third kappa shape index (κ3) is 2.66. The van der Waals surface area contributed by atoms with Crippen molar-refractivity contribution in [2.75, 3.05) is 18.5 Å². The number of guanidine groups is 1. The monoisotopic (exact) mass is 221 g/mol. The number of nitrogens with zero attached hydrogens (tertiary/aromatic N) is 4. The van der Waals surface area contributed by atoms with Crippen LogP contribution in [-0.4, -0.2) is 40.7 Å². The first-order chi connectivity index (χ1) is 7.83. The van der Waals surface area contributed by atoms with Gasteiger partial charge in [-0.3, -0.25) is 4.68 Å². The van der Waals surface area contributed by atoms with E-state index in [1.54, 1.807) is 6.20 Å². The molecule has 86 valence electrons. The van der Waals surface area contributed by atoms with E-state index in [1.807, 2.05) is 10.9 Å². The predicted molar refractivity (Wildman–Crippen MR) is 63.1 cm³/mol. The molecule has 16 heavy (non-hydrogen) atoms. The van der Waals surface area contributed by atoms with Gasteiger partial charge in [0.25, 0.3) is 0 Å². The van der Waals surface area contributed by atoms with Crippen molar-refractivity contribution in [2.24, 2.45) is 9.98 Å². The summed E-state index contributed by atoms with van der Waals surface area (Å²) in [7, 11) is 0. The van der Waals surface area contributed by atoms with E-state index in [4.69, 9.17) is 5.11 Å². The van der Waals surface area contributed by atoms with Gasteiger partial charge < -0.3 is 10.4 Å². The molecule has 0 unspecified atom stereocenters. The molecule has 0 aliphatic heterocycles. The van der Waals surface area contributed by atoms with E-state index in [9.17, 15) is 0 Å². The summed E-state index contributed by atoms with van der Waals surface area (Å²) in [4.78, 5) is 7.75. The molecule has 2 N–H and O–H groups in total. The van der Waals surface area contributed by atoms with Crippen LogP contribution in [-0.2, 0) is 0 Å². The molecule has 1 aliphatic carbocycles. The topological polar surface area (TPSA) is 74.8 Å². The van der Waals surface area contributed by atoms with Crippen molar-refractivity contribution in [3.63, 3.8) is 0 Å². The number of anilines is 1. The van der Waals surface area contributed by atoms with Gasteiger partial charge in [0.1, 0.15) is 0 Å². The number of aliphatic hydroxyl groups excluding tert-OH is 1. The minimum atomic E-state index is 0.00202. The first-order valence-corrected chi connectivity index (χ1v) is 5.26. The molecule has 0 radical (unpaired) electrons. The van der Waals surface area contributed by atoms with Gasteiger partial charge in [-0.1, -0.05) is 0 Å². The van der Waals surface area contributed by atoms with Gasteiger partial charge in [-0.15, -0.1) is 0 Å². The van der Waals surface area contributed by atoms with E-state index in [2.05, 4.69) is 27.1 Å². The average molecular weight is 221 g/mol. The molecule has 1 aromatic heterocycles. The van der Waals surface area contributed by atoms with Gasteiger partial charge in [-0.25, -0.2) is 9.98 Å². The Balaban J connectivity index is 1.97. The van der Waals surface area contributed by atoms with Crippen molar-refractivity contribution in [2.45, 2.75) is 18.9 Å². The first-order valence-electron chi connectivity index (χ1n) is 5.26. The van der Waals surface area contributed by atoms with E-state index in [0.29, 0.717) is 18.5 Å². The molecular formula is C10H15N5O. The molecule has 0 aromatic carbocycles. The molecule has 0 bridgehead atoms. The zero-order valence-corrected chi connectivity index (χ0v) is 9.00. The molecule has 1 aromatic rings. The normalized spacial score (nSPS) is 16.2. The van der Waals surface area contributed by atoms with Crippen molar-refractivity contribution >= 4 is 18.4 Å². The van der Waals surface area contributed by atoms with Crippen molar-refractivity contribution in [1.82, 2.24) is 9.78 Å². The molecule has 1 saturated carbocycles. The van der Waals surface area contributed by atoms with Gasteiger partial charge in [0, 0.05) is 6.20 Å².